The smallest absolute Gasteiger partial charge is 0.255 e. The van der Waals surface area contributed by atoms with Gasteiger partial charge in [0.05, 0.1) is 17.3 Å². The summed E-state index contributed by atoms with van der Waals surface area (Å²) < 4.78 is 6.36. The van der Waals surface area contributed by atoms with Crippen molar-refractivity contribution in [2.75, 3.05) is 11.9 Å². The first-order valence-corrected chi connectivity index (χ1v) is 8.03. The van der Waals surface area contributed by atoms with Gasteiger partial charge >= 0.3 is 0 Å². The van der Waals surface area contributed by atoms with Gasteiger partial charge in [0, 0.05) is 14.2 Å². The van der Waals surface area contributed by atoms with Crippen LogP contribution >= 0.6 is 45.8 Å². The van der Waals surface area contributed by atoms with Gasteiger partial charge in [-0.05, 0) is 65.9 Å². The maximum absolute atomic E-state index is 12.3. The number of nitrogens with one attached hydrogen (secondary N) is 1. The number of hydrogen-bond donors (Lipinski definition) is 1. The molecule has 0 fully saturated rings. The molecule has 2 rings (SSSR count). The Labute approximate surface area is 146 Å². The van der Waals surface area contributed by atoms with Crippen molar-refractivity contribution in [2.45, 2.75) is 6.92 Å². The number of ether oxygens (including phenoxy) is 1. The van der Waals surface area contributed by atoms with Crippen LogP contribution in [0.25, 0.3) is 0 Å². The molecule has 2 aromatic rings. The summed E-state index contributed by atoms with van der Waals surface area (Å²) in [6, 6.07) is 10.2. The Morgan fingerprint density at radius 2 is 2.00 bits per heavy atom. The van der Waals surface area contributed by atoms with E-state index in [4.69, 9.17) is 27.9 Å². The van der Waals surface area contributed by atoms with Crippen molar-refractivity contribution in [2.24, 2.45) is 0 Å². The highest BCUT2D eigenvalue weighted by Gasteiger charge is 2.12. The van der Waals surface area contributed by atoms with E-state index >= 15 is 0 Å². The minimum atomic E-state index is -0.267. The average molecular weight is 436 g/mol. The third-order valence-electron chi connectivity index (χ3n) is 2.67. The second kappa shape index (κ2) is 7.33. The van der Waals surface area contributed by atoms with Crippen LogP contribution in [-0.4, -0.2) is 12.5 Å². The molecule has 21 heavy (non-hydrogen) atoms. The molecule has 0 aliphatic heterocycles. The second-order valence-electron chi connectivity index (χ2n) is 4.16. The molecule has 0 aliphatic carbocycles. The largest absolute Gasteiger partial charge is 0.492 e. The van der Waals surface area contributed by atoms with Gasteiger partial charge in [-0.2, -0.15) is 0 Å². The average Bonchev–Trinajstić information content (AvgIpc) is 2.45. The predicted octanol–water partition coefficient (Wildman–Crippen LogP) is 5.25. The number of halogens is 3. The SMILES string of the molecule is CCOc1ccc(Cl)cc1NC(=O)c1ccc(I)c(Cl)c1. The third kappa shape index (κ3) is 4.25. The predicted molar refractivity (Wildman–Crippen MR) is 94.7 cm³/mol. The molecule has 0 radical (unpaired) electrons. The Morgan fingerprint density at radius 3 is 2.67 bits per heavy atom. The maximum atomic E-state index is 12.3. The van der Waals surface area contributed by atoms with Crippen LogP contribution in [0.2, 0.25) is 10.0 Å². The summed E-state index contributed by atoms with van der Waals surface area (Å²) in [7, 11) is 0. The zero-order valence-electron chi connectivity index (χ0n) is 11.1. The first kappa shape index (κ1) is 16.4. The van der Waals surface area contributed by atoms with Gasteiger partial charge in [0.25, 0.3) is 5.91 Å². The number of rotatable bonds is 4. The van der Waals surface area contributed by atoms with Crippen LogP contribution in [-0.2, 0) is 0 Å². The fourth-order valence-corrected chi connectivity index (χ4v) is 2.40. The van der Waals surface area contributed by atoms with Gasteiger partial charge in [-0.1, -0.05) is 23.2 Å². The molecule has 1 amide bonds. The van der Waals surface area contributed by atoms with Gasteiger partial charge in [0.1, 0.15) is 5.75 Å². The van der Waals surface area contributed by atoms with Gasteiger partial charge in [0.2, 0.25) is 0 Å². The van der Waals surface area contributed by atoms with E-state index < -0.39 is 0 Å². The molecule has 0 saturated heterocycles. The molecule has 2 aromatic carbocycles. The Kier molecular flexibility index (Phi) is 5.72. The summed E-state index contributed by atoms with van der Waals surface area (Å²) >= 11 is 14.1. The van der Waals surface area contributed by atoms with Crippen molar-refractivity contribution in [3.63, 3.8) is 0 Å². The molecule has 6 heteroatoms. The normalized spacial score (nSPS) is 10.3. The lowest BCUT2D eigenvalue weighted by molar-refractivity contribution is 0.102. The molecule has 0 unspecified atom stereocenters. The summed E-state index contributed by atoms with van der Waals surface area (Å²) in [6.45, 7) is 2.37. The van der Waals surface area contributed by atoms with E-state index in [-0.39, 0.29) is 5.91 Å². The number of amides is 1. The number of carbonyl (C=O) groups excluding carboxylic acids is 1. The number of anilines is 1. The van der Waals surface area contributed by atoms with Gasteiger partial charge in [-0.25, -0.2) is 0 Å². The summed E-state index contributed by atoms with van der Waals surface area (Å²) in [4.78, 5) is 12.3. The molecule has 0 aromatic heterocycles. The van der Waals surface area contributed by atoms with Gasteiger partial charge in [-0.15, -0.1) is 0 Å². The van der Waals surface area contributed by atoms with Crippen molar-refractivity contribution >= 4 is 57.4 Å². The van der Waals surface area contributed by atoms with E-state index in [1.807, 2.05) is 6.92 Å². The third-order valence-corrected chi connectivity index (χ3v) is 4.48. The summed E-state index contributed by atoms with van der Waals surface area (Å²) in [6.07, 6.45) is 0. The minimum Gasteiger partial charge on any atom is -0.492 e. The molecule has 1 N–H and O–H groups in total. The number of carbonyl (C=O) groups is 1. The lowest BCUT2D eigenvalue weighted by Gasteiger charge is -2.12. The van der Waals surface area contributed by atoms with Crippen LogP contribution < -0.4 is 10.1 Å². The Morgan fingerprint density at radius 1 is 1.24 bits per heavy atom. The van der Waals surface area contributed by atoms with Gasteiger partial charge < -0.3 is 10.1 Å². The molecule has 0 bridgehead atoms. The molecule has 0 atom stereocenters. The maximum Gasteiger partial charge on any atom is 0.255 e. The highest BCUT2D eigenvalue weighted by molar-refractivity contribution is 14.1. The molecular formula is C15H12Cl2INO2. The summed E-state index contributed by atoms with van der Waals surface area (Å²) in [5, 5.41) is 3.85. The van der Waals surface area contributed by atoms with Crippen molar-refractivity contribution < 1.29 is 9.53 Å². The van der Waals surface area contributed by atoms with Crippen LogP contribution in [0.15, 0.2) is 36.4 Å². The van der Waals surface area contributed by atoms with Crippen molar-refractivity contribution in [1.82, 2.24) is 0 Å². The van der Waals surface area contributed by atoms with Crippen LogP contribution in [0.4, 0.5) is 5.69 Å². The Bertz CT molecular complexity index is 677. The van der Waals surface area contributed by atoms with E-state index in [0.717, 1.165) is 3.57 Å². The lowest BCUT2D eigenvalue weighted by atomic mass is 10.2. The van der Waals surface area contributed by atoms with Crippen LogP contribution in [0.3, 0.4) is 0 Å². The standard InChI is InChI=1S/C15H12Cl2INO2/c1-2-21-14-6-4-10(16)8-13(14)19-15(20)9-3-5-12(18)11(17)7-9/h3-8H,2H2,1H3,(H,19,20). The lowest BCUT2D eigenvalue weighted by Crippen LogP contribution is -2.13. The molecule has 110 valence electrons. The van der Waals surface area contributed by atoms with Crippen LogP contribution in [0.5, 0.6) is 5.75 Å². The van der Waals surface area contributed by atoms with E-state index in [9.17, 15) is 4.79 Å². The first-order valence-electron chi connectivity index (χ1n) is 6.20. The second-order valence-corrected chi connectivity index (χ2v) is 6.16. The molecule has 0 heterocycles. The highest BCUT2D eigenvalue weighted by Crippen LogP contribution is 2.29. The summed E-state index contributed by atoms with van der Waals surface area (Å²) in [5.74, 6) is 0.309. The van der Waals surface area contributed by atoms with E-state index in [2.05, 4.69) is 27.9 Å². The van der Waals surface area contributed by atoms with E-state index in [1.54, 1.807) is 36.4 Å². The fraction of sp³-hybridized carbons (Fsp3) is 0.133. The topological polar surface area (TPSA) is 38.3 Å². The van der Waals surface area contributed by atoms with Crippen LogP contribution in [0, 0.1) is 3.57 Å². The number of benzene rings is 2. The molecule has 0 aliphatic rings. The van der Waals surface area contributed by atoms with Gasteiger partial charge in [-0.3, -0.25) is 4.79 Å². The number of hydrogen-bond acceptors (Lipinski definition) is 2. The van der Waals surface area contributed by atoms with Crippen molar-refractivity contribution in [3.05, 3.63) is 55.6 Å². The molecule has 0 spiro atoms. The summed E-state index contributed by atoms with van der Waals surface area (Å²) in [5.41, 5.74) is 1.01. The van der Waals surface area contributed by atoms with Crippen molar-refractivity contribution in [1.29, 1.82) is 0 Å². The fourth-order valence-electron chi connectivity index (χ4n) is 1.71. The van der Waals surface area contributed by atoms with Gasteiger partial charge in [0.15, 0.2) is 0 Å². The quantitative estimate of drug-likeness (QED) is 0.666. The minimum absolute atomic E-state index is 0.267. The van der Waals surface area contributed by atoms with E-state index in [0.29, 0.717) is 33.7 Å². The molecule has 3 nitrogen and oxygen atoms in total. The Hall–Kier alpha value is -0.980. The zero-order valence-corrected chi connectivity index (χ0v) is 14.8. The molecule has 0 saturated carbocycles. The first-order chi connectivity index (χ1) is 10.0. The van der Waals surface area contributed by atoms with E-state index in [1.165, 1.54) is 0 Å². The highest BCUT2D eigenvalue weighted by atomic mass is 127. The monoisotopic (exact) mass is 435 g/mol. The molecular weight excluding hydrogens is 424 g/mol. The zero-order chi connectivity index (χ0) is 15.4. The Balaban J connectivity index is 2.26. The van der Waals surface area contributed by atoms with Crippen LogP contribution in [0.1, 0.15) is 17.3 Å². The van der Waals surface area contributed by atoms with Crippen molar-refractivity contribution in [3.8, 4) is 5.75 Å².